The third-order valence-corrected chi connectivity index (χ3v) is 4.00. The summed E-state index contributed by atoms with van der Waals surface area (Å²) >= 11 is 3.50. The molecule has 2 heterocycles. The quantitative estimate of drug-likeness (QED) is 0.850. The third kappa shape index (κ3) is 3.19. The second-order valence-electron chi connectivity index (χ2n) is 4.88. The minimum Gasteiger partial charge on any atom is -0.353 e. The van der Waals surface area contributed by atoms with Gasteiger partial charge in [0.25, 0.3) is 0 Å². The number of ether oxygens (including phenoxy) is 2. The van der Waals surface area contributed by atoms with Crippen LogP contribution in [0.15, 0.2) is 34.9 Å². The highest BCUT2D eigenvalue weighted by Gasteiger charge is 2.13. The molecule has 102 valence electrons. The number of nitrogens with zero attached hydrogens (tertiary/aromatic N) is 1. The van der Waals surface area contributed by atoms with Crippen molar-refractivity contribution in [1.82, 2.24) is 4.57 Å². The first-order valence-electron chi connectivity index (χ1n) is 6.80. The van der Waals surface area contributed by atoms with Crippen LogP contribution in [0.25, 0.3) is 10.9 Å². The van der Waals surface area contributed by atoms with Gasteiger partial charge in [0.2, 0.25) is 0 Å². The topological polar surface area (TPSA) is 23.4 Å². The van der Waals surface area contributed by atoms with Crippen LogP contribution in [0.5, 0.6) is 0 Å². The molecule has 3 nitrogen and oxygen atoms in total. The second-order valence-corrected chi connectivity index (χ2v) is 5.79. The van der Waals surface area contributed by atoms with E-state index in [-0.39, 0.29) is 6.29 Å². The van der Waals surface area contributed by atoms with Gasteiger partial charge in [0.05, 0.1) is 6.61 Å². The summed E-state index contributed by atoms with van der Waals surface area (Å²) in [5.74, 6) is 0. The summed E-state index contributed by atoms with van der Waals surface area (Å²) in [6, 6.07) is 8.48. The fourth-order valence-electron chi connectivity index (χ4n) is 2.49. The molecule has 1 aromatic heterocycles. The van der Waals surface area contributed by atoms with E-state index in [1.54, 1.807) is 0 Å². The van der Waals surface area contributed by atoms with Crippen LogP contribution in [-0.2, 0) is 16.0 Å². The minimum absolute atomic E-state index is 0.00437. The molecule has 0 spiro atoms. The molecule has 1 aliphatic heterocycles. The number of fused-ring (bicyclic) bond motifs is 1. The zero-order chi connectivity index (χ0) is 13.1. The number of hydrogen-bond acceptors (Lipinski definition) is 2. The van der Waals surface area contributed by atoms with Gasteiger partial charge in [0.1, 0.15) is 0 Å². The maximum Gasteiger partial charge on any atom is 0.157 e. The second kappa shape index (κ2) is 6.07. The molecule has 19 heavy (non-hydrogen) atoms. The minimum atomic E-state index is 0.00437. The summed E-state index contributed by atoms with van der Waals surface area (Å²) in [6.07, 6.45) is 5.52. The lowest BCUT2D eigenvalue weighted by Gasteiger charge is -2.22. The van der Waals surface area contributed by atoms with E-state index >= 15 is 0 Å². The van der Waals surface area contributed by atoms with Crippen LogP contribution in [0.3, 0.4) is 0 Å². The Morgan fingerprint density at radius 2 is 2.26 bits per heavy atom. The normalized spacial score (nSPS) is 19.9. The van der Waals surface area contributed by atoms with Gasteiger partial charge in [-0.25, -0.2) is 0 Å². The maximum atomic E-state index is 5.78. The Kier molecular flexibility index (Phi) is 4.21. The molecule has 2 aromatic rings. The van der Waals surface area contributed by atoms with E-state index in [1.165, 1.54) is 17.3 Å². The smallest absolute Gasteiger partial charge is 0.157 e. The SMILES string of the molecule is Brc1ccc2c(ccn2CCOC2CCCCO2)c1. The van der Waals surface area contributed by atoms with Crippen molar-refractivity contribution in [3.8, 4) is 0 Å². The number of halogens is 1. The van der Waals surface area contributed by atoms with Crippen LogP contribution < -0.4 is 0 Å². The van der Waals surface area contributed by atoms with Crippen LogP contribution in [0.1, 0.15) is 19.3 Å². The van der Waals surface area contributed by atoms with Crippen LogP contribution in [0.4, 0.5) is 0 Å². The summed E-state index contributed by atoms with van der Waals surface area (Å²) in [6.45, 7) is 2.40. The van der Waals surface area contributed by atoms with Gasteiger partial charge in [-0.15, -0.1) is 0 Å². The van der Waals surface area contributed by atoms with E-state index in [1.807, 2.05) is 0 Å². The van der Waals surface area contributed by atoms with E-state index in [9.17, 15) is 0 Å². The van der Waals surface area contributed by atoms with Gasteiger partial charge in [-0.05, 0) is 43.5 Å². The Balaban J connectivity index is 1.59. The van der Waals surface area contributed by atoms with Gasteiger partial charge >= 0.3 is 0 Å². The molecule has 1 fully saturated rings. The molecule has 1 atom stereocenters. The molecule has 3 rings (SSSR count). The standard InChI is InChI=1S/C15H18BrNO2/c16-13-4-5-14-12(11-13)6-7-17(14)8-10-19-15-3-1-2-9-18-15/h4-7,11,15H,1-3,8-10H2. The highest BCUT2D eigenvalue weighted by atomic mass is 79.9. The predicted octanol–water partition coefficient (Wildman–Crippen LogP) is 3.95. The molecule has 4 heteroatoms. The molecule has 0 radical (unpaired) electrons. The highest BCUT2D eigenvalue weighted by Crippen LogP contribution is 2.21. The van der Waals surface area contributed by atoms with Crippen LogP contribution in [0, 0.1) is 0 Å². The van der Waals surface area contributed by atoms with Gasteiger partial charge in [0.15, 0.2) is 6.29 Å². The summed E-state index contributed by atoms with van der Waals surface area (Å²) < 4.78 is 14.7. The lowest BCUT2D eigenvalue weighted by molar-refractivity contribution is -0.163. The predicted molar refractivity (Wildman–Crippen MR) is 79.2 cm³/mol. The van der Waals surface area contributed by atoms with Gasteiger partial charge in [-0.2, -0.15) is 0 Å². The van der Waals surface area contributed by atoms with Crippen LogP contribution >= 0.6 is 15.9 Å². The third-order valence-electron chi connectivity index (χ3n) is 3.51. The first kappa shape index (κ1) is 13.2. The largest absolute Gasteiger partial charge is 0.353 e. The Hall–Kier alpha value is -0.840. The van der Waals surface area contributed by atoms with Gasteiger partial charge in [-0.3, -0.25) is 0 Å². The average Bonchev–Trinajstić information content (AvgIpc) is 2.82. The van der Waals surface area contributed by atoms with E-state index < -0.39 is 0 Å². The lowest BCUT2D eigenvalue weighted by Crippen LogP contribution is -2.23. The monoisotopic (exact) mass is 323 g/mol. The molecule has 0 N–H and O–H groups in total. The summed E-state index contributed by atoms with van der Waals surface area (Å²) in [5, 5.41) is 1.25. The van der Waals surface area contributed by atoms with E-state index in [0.29, 0.717) is 6.61 Å². The van der Waals surface area contributed by atoms with Crippen molar-refractivity contribution in [3.05, 3.63) is 34.9 Å². The van der Waals surface area contributed by atoms with E-state index in [2.05, 4.69) is 51.0 Å². The van der Waals surface area contributed by atoms with Crippen molar-refractivity contribution < 1.29 is 9.47 Å². The zero-order valence-corrected chi connectivity index (χ0v) is 12.4. The summed E-state index contributed by atoms with van der Waals surface area (Å²) in [7, 11) is 0. The molecule has 0 saturated carbocycles. The molecule has 1 saturated heterocycles. The number of rotatable bonds is 4. The van der Waals surface area contributed by atoms with Gasteiger partial charge < -0.3 is 14.0 Å². The van der Waals surface area contributed by atoms with Crippen molar-refractivity contribution >= 4 is 26.8 Å². The van der Waals surface area contributed by atoms with Crippen molar-refractivity contribution in [2.45, 2.75) is 32.1 Å². The van der Waals surface area contributed by atoms with Gasteiger partial charge in [-0.1, -0.05) is 15.9 Å². The molecule has 1 unspecified atom stereocenters. The summed E-state index contributed by atoms with van der Waals surface area (Å²) in [5.41, 5.74) is 1.25. The fraction of sp³-hybridized carbons (Fsp3) is 0.467. The Morgan fingerprint density at radius 1 is 1.32 bits per heavy atom. The Morgan fingerprint density at radius 3 is 3.11 bits per heavy atom. The maximum absolute atomic E-state index is 5.78. The average molecular weight is 324 g/mol. The highest BCUT2D eigenvalue weighted by molar-refractivity contribution is 9.10. The van der Waals surface area contributed by atoms with E-state index in [4.69, 9.17) is 9.47 Å². The lowest BCUT2D eigenvalue weighted by atomic mass is 10.2. The number of aromatic nitrogens is 1. The molecule has 0 aliphatic carbocycles. The Bertz CT molecular complexity index is 546. The van der Waals surface area contributed by atoms with Crippen LogP contribution in [0.2, 0.25) is 0 Å². The van der Waals surface area contributed by atoms with Crippen LogP contribution in [-0.4, -0.2) is 24.1 Å². The number of benzene rings is 1. The van der Waals surface area contributed by atoms with Crippen molar-refractivity contribution in [3.63, 3.8) is 0 Å². The molecule has 0 bridgehead atoms. The molecule has 1 aliphatic rings. The van der Waals surface area contributed by atoms with Gasteiger partial charge in [0, 0.05) is 34.7 Å². The first-order valence-corrected chi connectivity index (χ1v) is 7.60. The van der Waals surface area contributed by atoms with Crippen molar-refractivity contribution in [1.29, 1.82) is 0 Å². The molecular weight excluding hydrogens is 306 g/mol. The zero-order valence-electron chi connectivity index (χ0n) is 10.8. The van der Waals surface area contributed by atoms with Crippen molar-refractivity contribution in [2.75, 3.05) is 13.2 Å². The number of hydrogen-bond donors (Lipinski definition) is 0. The molecular formula is C15H18BrNO2. The first-order chi connectivity index (χ1) is 9.33. The van der Waals surface area contributed by atoms with Crippen molar-refractivity contribution in [2.24, 2.45) is 0 Å². The molecule has 1 aromatic carbocycles. The fourth-order valence-corrected chi connectivity index (χ4v) is 2.87. The van der Waals surface area contributed by atoms with E-state index in [0.717, 1.165) is 30.5 Å². The Labute approximate surface area is 121 Å². The summed E-state index contributed by atoms with van der Waals surface area (Å²) in [4.78, 5) is 0. The molecule has 0 amide bonds.